The highest BCUT2D eigenvalue weighted by atomic mass is 32.2. The first-order valence-corrected chi connectivity index (χ1v) is 9.83. The molecule has 1 fully saturated rings. The average molecular weight is 338 g/mol. The van der Waals surface area contributed by atoms with Crippen LogP contribution in [0.15, 0.2) is 24.3 Å². The molecule has 0 spiro atoms. The summed E-state index contributed by atoms with van der Waals surface area (Å²) in [5.41, 5.74) is 2.35. The summed E-state index contributed by atoms with van der Waals surface area (Å²) in [4.78, 5) is 14.3. The lowest BCUT2D eigenvalue weighted by molar-refractivity contribution is -0.132. The van der Waals surface area contributed by atoms with E-state index in [-0.39, 0.29) is 18.5 Å². The van der Waals surface area contributed by atoms with E-state index in [0.29, 0.717) is 12.5 Å². The lowest BCUT2D eigenvalue weighted by Gasteiger charge is -2.25. The predicted molar refractivity (Wildman–Crippen MR) is 91.6 cm³/mol. The molecule has 5 nitrogen and oxygen atoms in total. The molecule has 1 saturated carbocycles. The van der Waals surface area contributed by atoms with Crippen molar-refractivity contribution in [1.82, 2.24) is 9.21 Å². The largest absolute Gasteiger partial charge is 0.334 e. The van der Waals surface area contributed by atoms with Gasteiger partial charge in [-0.1, -0.05) is 38.1 Å². The molecule has 1 aromatic rings. The highest BCUT2D eigenvalue weighted by molar-refractivity contribution is 7.88. The summed E-state index contributed by atoms with van der Waals surface area (Å²) in [7, 11) is -1.90. The fourth-order valence-electron chi connectivity index (χ4n) is 2.41. The van der Waals surface area contributed by atoms with Gasteiger partial charge in [0.1, 0.15) is 0 Å². The lowest BCUT2D eigenvalue weighted by atomic mass is 10.0. The molecule has 0 heterocycles. The summed E-state index contributed by atoms with van der Waals surface area (Å²) in [5.74, 6) is 0.349. The molecule has 0 bridgehead atoms. The van der Waals surface area contributed by atoms with E-state index in [4.69, 9.17) is 0 Å². The van der Waals surface area contributed by atoms with Crippen molar-refractivity contribution in [1.29, 1.82) is 0 Å². The Hall–Kier alpha value is -1.40. The van der Waals surface area contributed by atoms with Crippen molar-refractivity contribution in [3.63, 3.8) is 0 Å². The highest BCUT2D eigenvalue weighted by Crippen LogP contribution is 2.29. The van der Waals surface area contributed by atoms with Crippen LogP contribution in [0.5, 0.6) is 0 Å². The maximum Gasteiger partial charge on any atom is 0.238 e. The summed E-state index contributed by atoms with van der Waals surface area (Å²) in [6, 6.07) is 8.55. The predicted octanol–water partition coefficient (Wildman–Crippen LogP) is 2.19. The molecular weight excluding hydrogens is 312 g/mol. The number of carbonyl (C=O) groups excluding carboxylic acids is 1. The molecule has 1 aromatic carbocycles. The van der Waals surface area contributed by atoms with Crippen LogP contribution in [0.1, 0.15) is 43.7 Å². The van der Waals surface area contributed by atoms with Crippen LogP contribution >= 0.6 is 0 Å². The molecule has 0 aliphatic heterocycles. The van der Waals surface area contributed by atoms with Crippen molar-refractivity contribution in [2.75, 3.05) is 19.8 Å². The zero-order valence-electron chi connectivity index (χ0n) is 14.3. The molecule has 0 radical (unpaired) electrons. The lowest BCUT2D eigenvalue weighted by Crippen LogP contribution is -2.41. The molecule has 1 amide bonds. The van der Waals surface area contributed by atoms with Crippen LogP contribution in [0.2, 0.25) is 0 Å². The van der Waals surface area contributed by atoms with Gasteiger partial charge in [0.05, 0.1) is 12.8 Å². The molecule has 128 valence electrons. The monoisotopic (exact) mass is 338 g/mol. The third kappa shape index (κ3) is 5.04. The summed E-state index contributed by atoms with van der Waals surface area (Å²) in [6.45, 7) is 4.74. The molecule has 0 aromatic heterocycles. The normalized spacial score (nSPS) is 15.2. The van der Waals surface area contributed by atoms with Crippen molar-refractivity contribution in [3.05, 3.63) is 35.4 Å². The molecule has 2 rings (SSSR count). The first-order chi connectivity index (χ1) is 10.7. The van der Waals surface area contributed by atoms with E-state index in [9.17, 15) is 13.2 Å². The minimum absolute atomic E-state index is 0.0978. The molecule has 1 aliphatic carbocycles. The van der Waals surface area contributed by atoms with E-state index in [1.54, 1.807) is 0 Å². The Bertz CT molecular complexity index is 649. The topological polar surface area (TPSA) is 57.7 Å². The number of amides is 1. The Morgan fingerprint density at radius 2 is 1.78 bits per heavy atom. The number of rotatable bonds is 7. The summed E-state index contributed by atoms with van der Waals surface area (Å²) in [6.07, 6.45) is 3.11. The quantitative estimate of drug-likeness (QED) is 0.766. The molecule has 0 unspecified atom stereocenters. The number of hydrogen-bond acceptors (Lipinski definition) is 3. The van der Waals surface area contributed by atoms with Crippen LogP contribution in [-0.2, 0) is 21.4 Å². The van der Waals surface area contributed by atoms with Gasteiger partial charge in [-0.3, -0.25) is 4.79 Å². The third-order valence-corrected chi connectivity index (χ3v) is 5.49. The van der Waals surface area contributed by atoms with Crippen LogP contribution in [0.25, 0.3) is 0 Å². The fourth-order valence-corrected chi connectivity index (χ4v) is 2.76. The van der Waals surface area contributed by atoms with Gasteiger partial charge in [0.2, 0.25) is 15.9 Å². The zero-order valence-corrected chi connectivity index (χ0v) is 15.1. The SMILES string of the molecule is CC(C)c1ccc(CN(C(=O)CN(C)S(C)(=O)=O)C2CC2)cc1. The Labute approximate surface area is 139 Å². The average Bonchev–Trinajstić information content (AvgIpc) is 3.28. The van der Waals surface area contributed by atoms with E-state index in [1.807, 2.05) is 4.90 Å². The van der Waals surface area contributed by atoms with E-state index >= 15 is 0 Å². The molecule has 1 aliphatic rings. The van der Waals surface area contributed by atoms with Gasteiger partial charge in [-0.05, 0) is 29.9 Å². The van der Waals surface area contributed by atoms with Crippen molar-refractivity contribution < 1.29 is 13.2 Å². The van der Waals surface area contributed by atoms with Gasteiger partial charge in [0.15, 0.2) is 0 Å². The van der Waals surface area contributed by atoms with Crippen LogP contribution < -0.4 is 0 Å². The number of nitrogens with zero attached hydrogens (tertiary/aromatic N) is 2. The Morgan fingerprint density at radius 1 is 1.22 bits per heavy atom. The van der Waals surface area contributed by atoms with Gasteiger partial charge in [0, 0.05) is 19.6 Å². The smallest absolute Gasteiger partial charge is 0.238 e. The number of benzene rings is 1. The number of hydrogen-bond donors (Lipinski definition) is 0. The van der Waals surface area contributed by atoms with Crippen molar-refractivity contribution in [3.8, 4) is 0 Å². The Kier molecular flexibility index (Phi) is 5.47. The van der Waals surface area contributed by atoms with Crippen LogP contribution in [0.4, 0.5) is 0 Å². The first kappa shape index (κ1) is 17.9. The van der Waals surface area contributed by atoms with Gasteiger partial charge in [0.25, 0.3) is 0 Å². The Balaban J connectivity index is 2.05. The van der Waals surface area contributed by atoms with E-state index in [2.05, 4.69) is 38.1 Å². The Morgan fingerprint density at radius 3 is 2.22 bits per heavy atom. The minimum atomic E-state index is -3.34. The molecule has 23 heavy (non-hydrogen) atoms. The van der Waals surface area contributed by atoms with Crippen molar-refractivity contribution in [2.24, 2.45) is 0 Å². The van der Waals surface area contributed by atoms with E-state index in [1.165, 1.54) is 12.6 Å². The minimum Gasteiger partial charge on any atom is -0.334 e. The number of sulfonamides is 1. The van der Waals surface area contributed by atoms with Crippen LogP contribution in [0, 0.1) is 0 Å². The summed E-state index contributed by atoms with van der Waals surface area (Å²) < 4.78 is 24.1. The third-order valence-electron chi connectivity index (χ3n) is 4.23. The summed E-state index contributed by atoms with van der Waals surface area (Å²) >= 11 is 0. The van der Waals surface area contributed by atoms with Gasteiger partial charge < -0.3 is 4.90 Å². The van der Waals surface area contributed by atoms with Crippen molar-refractivity contribution in [2.45, 2.75) is 45.2 Å². The van der Waals surface area contributed by atoms with Crippen LogP contribution in [-0.4, -0.2) is 49.4 Å². The fraction of sp³-hybridized carbons (Fsp3) is 0.588. The van der Waals surface area contributed by atoms with Crippen molar-refractivity contribution >= 4 is 15.9 Å². The maximum atomic E-state index is 12.5. The van der Waals surface area contributed by atoms with Gasteiger partial charge in [-0.2, -0.15) is 4.31 Å². The second-order valence-corrected chi connectivity index (χ2v) is 8.76. The second-order valence-electron chi connectivity index (χ2n) is 6.67. The van der Waals surface area contributed by atoms with Gasteiger partial charge >= 0.3 is 0 Å². The second kappa shape index (κ2) is 7.01. The van der Waals surface area contributed by atoms with E-state index in [0.717, 1.165) is 29.0 Å². The van der Waals surface area contributed by atoms with Gasteiger partial charge in [-0.15, -0.1) is 0 Å². The number of likely N-dealkylation sites (N-methyl/N-ethyl adjacent to an activating group) is 1. The highest BCUT2D eigenvalue weighted by Gasteiger charge is 2.33. The molecule has 0 saturated heterocycles. The maximum absolute atomic E-state index is 12.5. The van der Waals surface area contributed by atoms with Crippen LogP contribution in [0.3, 0.4) is 0 Å². The standard InChI is InChI=1S/C17H26N2O3S/c1-13(2)15-7-5-14(6-8-15)11-19(16-9-10-16)17(20)12-18(3)23(4,21)22/h5-8,13,16H,9-12H2,1-4H3. The molecule has 0 atom stereocenters. The molecule has 0 N–H and O–H groups in total. The van der Waals surface area contributed by atoms with E-state index < -0.39 is 10.0 Å². The molecule has 6 heteroatoms. The van der Waals surface area contributed by atoms with Gasteiger partial charge in [-0.25, -0.2) is 8.42 Å². The molecular formula is C17H26N2O3S. The summed E-state index contributed by atoms with van der Waals surface area (Å²) in [5, 5.41) is 0. The zero-order chi connectivity index (χ0) is 17.2. The number of carbonyl (C=O) groups is 1. The first-order valence-electron chi connectivity index (χ1n) is 7.98.